The first kappa shape index (κ1) is 20.7. The van der Waals surface area contributed by atoms with Gasteiger partial charge >= 0.3 is 5.97 Å². The highest BCUT2D eigenvalue weighted by Crippen LogP contribution is 2.35. The molecule has 0 atom stereocenters. The summed E-state index contributed by atoms with van der Waals surface area (Å²) < 4.78 is 13.7. The van der Waals surface area contributed by atoms with E-state index in [0.29, 0.717) is 18.6 Å². The normalized spacial score (nSPS) is 15.4. The standard InChI is InChI=1S/C24H27NO4S/c1-30-29-21-10-11-22-19(17-21)12-16-25(22)15-4-5-18-6-8-20(9-7-18)28-24(23(26)27)13-2-3-14-24/h6-12,16-17H,2-5,13-15H2,1H3,(H,26,27). The van der Waals surface area contributed by atoms with Crippen LogP contribution in [0.3, 0.4) is 0 Å². The third-order valence-corrected chi connectivity index (χ3v) is 6.18. The number of hydrogen-bond acceptors (Lipinski definition) is 4. The topological polar surface area (TPSA) is 60.7 Å². The Bertz CT molecular complexity index is 1010. The molecule has 1 aliphatic carbocycles. The summed E-state index contributed by atoms with van der Waals surface area (Å²) in [6.45, 7) is 0.937. The van der Waals surface area contributed by atoms with Gasteiger partial charge < -0.3 is 18.6 Å². The molecule has 1 fully saturated rings. The number of rotatable bonds is 9. The second-order valence-electron chi connectivity index (χ2n) is 7.84. The van der Waals surface area contributed by atoms with Gasteiger partial charge in [-0.25, -0.2) is 4.79 Å². The zero-order valence-electron chi connectivity index (χ0n) is 17.2. The quantitative estimate of drug-likeness (QED) is 0.445. The van der Waals surface area contributed by atoms with E-state index in [-0.39, 0.29) is 0 Å². The van der Waals surface area contributed by atoms with Crippen LogP contribution in [0.1, 0.15) is 37.7 Å². The summed E-state index contributed by atoms with van der Waals surface area (Å²) in [5, 5.41) is 10.8. The molecule has 0 spiro atoms. The van der Waals surface area contributed by atoms with Crippen LogP contribution in [0.25, 0.3) is 10.9 Å². The molecule has 1 saturated carbocycles. The average molecular weight is 426 g/mol. The lowest BCUT2D eigenvalue weighted by atomic mass is 10.0. The Hall–Kier alpha value is -2.60. The zero-order chi connectivity index (χ0) is 21.0. The van der Waals surface area contributed by atoms with E-state index >= 15 is 0 Å². The first-order chi connectivity index (χ1) is 14.6. The Morgan fingerprint density at radius 3 is 2.53 bits per heavy atom. The molecular formula is C24H27NO4S. The lowest BCUT2D eigenvalue weighted by Gasteiger charge is -2.25. The van der Waals surface area contributed by atoms with Crippen LogP contribution in [0.2, 0.25) is 0 Å². The van der Waals surface area contributed by atoms with Crippen molar-refractivity contribution in [2.24, 2.45) is 0 Å². The number of carbonyl (C=O) groups is 1. The van der Waals surface area contributed by atoms with E-state index < -0.39 is 11.6 Å². The number of hydrogen-bond donors (Lipinski definition) is 1. The van der Waals surface area contributed by atoms with Gasteiger partial charge in [-0.2, -0.15) is 0 Å². The SMILES string of the molecule is CSOc1ccc2c(ccn2CCCc2ccc(OC3(C(=O)O)CCCC3)cc2)c1. The summed E-state index contributed by atoms with van der Waals surface area (Å²) in [4.78, 5) is 11.7. The summed E-state index contributed by atoms with van der Waals surface area (Å²) >= 11 is 1.35. The van der Waals surface area contributed by atoms with Gasteiger partial charge in [0.25, 0.3) is 0 Å². The smallest absolute Gasteiger partial charge is 0.348 e. The van der Waals surface area contributed by atoms with Crippen molar-refractivity contribution in [2.75, 3.05) is 6.26 Å². The van der Waals surface area contributed by atoms with E-state index in [0.717, 1.165) is 38.0 Å². The lowest BCUT2D eigenvalue weighted by Crippen LogP contribution is -2.41. The molecule has 2 aromatic carbocycles. The molecule has 4 rings (SSSR count). The third-order valence-electron chi connectivity index (χ3n) is 5.82. The molecule has 1 heterocycles. The Labute approximate surface area is 181 Å². The number of fused-ring (bicyclic) bond motifs is 1. The molecule has 0 bridgehead atoms. The Morgan fingerprint density at radius 1 is 1.10 bits per heavy atom. The minimum absolute atomic E-state index is 0.583. The summed E-state index contributed by atoms with van der Waals surface area (Å²) in [5.74, 6) is 0.662. The van der Waals surface area contributed by atoms with Crippen molar-refractivity contribution < 1.29 is 18.8 Å². The summed E-state index contributed by atoms with van der Waals surface area (Å²) in [6.07, 6.45) is 8.99. The van der Waals surface area contributed by atoms with Crippen molar-refractivity contribution in [2.45, 2.75) is 50.7 Å². The molecule has 3 aromatic rings. The molecule has 1 aliphatic rings. The van der Waals surface area contributed by atoms with Crippen molar-refractivity contribution >= 4 is 28.9 Å². The van der Waals surface area contributed by atoms with Crippen molar-refractivity contribution in [3.63, 3.8) is 0 Å². The molecule has 1 aromatic heterocycles. The number of carboxylic acid groups (broad SMARTS) is 1. The van der Waals surface area contributed by atoms with Crippen molar-refractivity contribution in [3.05, 3.63) is 60.3 Å². The van der Waals surface area contributed by atoms with Crippen LogP contribution < -0.4 is 8.92 Å². The van der Waals surface area contributed by atoms with E-state index in [1.807, 2.05) is 36.6 Å². The predicted molar refractivity (Wildman–Crippen MR) is 120 cm³/mol. The number of carboxylic acids is 1. The van der Waals surface area contributed by atoms with Gasteiger partial charge in [-0.3, -0.25) is 0 Å². The summed E-state index contributed by atoms with van der Waals surface area (Å²) in [5.41, 5.74) is 1.39. The molecule has 1 N–H and O–H groups in total. The molecule has 0 amide bonds. The van der Waals surface area contributed by atoms with Crippen LogP contribution >= 0.6 is 12.0 Å². The number of nitrogens with zero attached hydrogens (tertiary/aromatic N) is 1. The molecule has 0 unspecified atom stereocenters. The highest BCUT2D eigenvalue weighted by Gasteiger charge is 2.43. The van der Waals surface area contributed by atoms with Crippen molar-refractivity contribution in [3.8, 4) is 11.5 Å². The Balaban J connectivity index is 1.33. The van der Waals surface area contributed by atoms with Gasteiger partial charge in [0.05, 0.1) is 12.0 Å². The van der Waals surface area contributed by atoms with E-state index in [4.69, 9.17) is 8.92 Å². The van der Waals surface area contributed by atoms with E-state index in [1.54, 1.807) is 0 Å². The second kappa shape index (κ2) is 9.04. The van der Waals surface area contributed by atoms with Gasteiger partial charge in [0.1, 0.15) is 11.5 Å². The van der Waals surface area contributed by atoms with Gasteiger partial charge in [0, 0.05) is 29.9 Å². The van der Waals surface area contributed by atoms with Gasteiger partial charge in [0.2, 0.25) is 5.60 Å². The van der Waals surface area contributed by atoms with Gasteiger partial charge in [-0.05, 0) is 80.5 Å². The highest BCUT2D eigenvalue weighted by atomic mass is 32.2. The Morgan fingerprint density at radius 2 is 1.83 bits per heavy atom. The molecule has 0 aliphatic heterocycles. The van der Waals surface area contributed by atoms with Gasteiger partial charge in [-0.15, -0.1) is 0 Å². The van der Waals surface area contributed by atoms with Crippen molar-refractivity contribution in [1.29, 1.82) is 0 Å². The number of benzene rings is 2. The maximum atomic E-state index is 11.7. The molecule has 6 heteroatoms. The summed E-state index contributed by atoms with van der Waals surface area (Å²) in [6, 6.07) is 16.2. The zero-order valence-corrected chi connectivity index (χ0v) is 18.0. The maximum absolute atomic E-state index is 11.7. The fourth-order valence-electron chi connectivity index (χ4n) is 4.23. The minimum Gasteiger partial charge on any atom is -0.478 e. The number of aryl methyl sites for hydroxylation is 2. The van der Waals surface area contributed by atoms with E-state index in [2.05, 4.69) is 29.0 Å². The molecule has 5 nitrogen and oxygen atoms in total. The average Bonchev–Trinajstić information content (AvgIpc) is 3.38. The number of aliphatic carboxylic acids is 1. The molecular weight excluding hydrogens is 398 g/mol. The third kappa shape index (κ3) is 4.43. The van der Waals surface area contributed by atoms with Gasteiger partial charge in [0.15, 0.2) is 0 Å². The lowest BCUT2D eigenvalue weighted by molar-refractivity contribution is -0.154. The van der Waals surface area contributed by atoms with Crippen LogP contribution in [0.15, 0.2) is 54.7 Å². The van der Waals surface area contributed by atoms with E-state index in [9.17, 15) is 9.90 Å². The van der Waals surface area contributed by atoms with Crippen LogP contribution in [0.5, 0.6) is 11.5 Å². The van der Waals surface area contributed by atoms with Crippen molar-refractivity contribution in [1.82, 2.24) is 4.57 Å². The Kier molecular flexibility index (Phi) is 6.23. The van der Waals surface area contributed by atoms with Gasteiger partial charge in [-0.1, -0.05) is 12.1 Å². The first-order valence-corrected chi connectivity index (χ1v) is 11.6. The molecule has 0 radical (unpaired) electrons. The van der Waals surface area contributed by atoms with Crippen LogP contribution in [0, 0.1) is 0 Å². The van der Waals surface area contributed by atoms with Crippen LogP contribution in [-0.4, -0.2) is 27.5 Å². The number of aromatic nitrogens is 1. The van der Waals surface area contributed by atoms with E-state index in [1.165, 1.54) is 28.5 Å². The second-order valence-corrected chi connectivity index (χ2v) is 8.34. The fraction of sp³-hybridized carbons (Fsp3) is 0.375. The highest BCUT2D eigenvalue weighted by molar-refractivity contribution is 7.94. The van der Waals surface area contributed by atoms with Crippen LogP contribution in [-0.2, 0) is 17.8 Å². The summed E-state index contributed by atoms with van der Waals surface area (Å²) in [7, 11) is 0. The maximum Gasteiger partial charge on any atom is 0.348 e. The minimum atomic E-state index is -1.04. The fourth-order valence-corrected chi connectivity index (χ4v) is 4.53. The monoisotopic (exact) mass is 425 g/mol. The molecule has 158 valence electrons. The number of ether oxygens (including phenoxy) is 1. The molecule has 30 heavy (non-hydrogen) atoms. The van der Waals surface area contributed by atoms with Crippen LogP contribution in [0.4, 0.5) is 0 Å². The molecule has 0 saturated heterocycles. The largest absolute Gasteiger partial charge is 0.478 e. The first-order valence-electron chi connectivity index (χ1n) is 10.4. The predicted octanol–water partition coefficient (Wildman–Crippen LogP) is 5.71.